The molecule has 0 unspecified atom stereocenters. The molecule has 6 rings (SSSR count). The summed E-state index contributed by atoms with van der Waals surface area (Å²) in [6, 6.07) is 0. The van der Waals surface area contributed by atoms with Gasteiger partial charge in [-0.1, -0.05) is 57.8 Å². The van der Waals surface area contributed by atoms with Crippen molar-refractivity contribution in [3.63, 3.8) is 0 Å². The third-order valence-corrected chi connectivity index (χ3v) is 10.7. The van der Waals surface area contributed by atoms with Crippen LogP contribution in [0.2, 0.25) is 0 Å². The van der Waals surface area contributed by atoms with Gasteiger partial charge in [0, 0.05) is 17.8 Å². The lowest BCUT2D eigenvalue weighted by atomic mass is 9.87. The Hall–Kier alpha value is -0.865. The molecule has 3 aliphatic carbocycles. The summed E-state index contributed by atoms with van der Waals surface area (Å²) in [6.45, 7) is 0. The fraction of sp³-hybridized carbons (Fsp3) is 0.667. The molecule has 0 saturated heterocycles. The molecule has 3 aromatic heterocycles. The first-order chi connectivity index (χ1) is 18.1. The molecule has 3 heterocycles. The number of halogens is 3. The van der Waals surface area contributed by atoms with Crippen LogP contribution in [0.1, 0.15) is 131 Å². The normalized spacial score (nSPS) is 20.8. The summed E-state index contributed by atoms with van der Waals surface area (Å²) in [5.41, 5.74) is 3.55. The average Bonchev–Trinajstić information content (AvgIpc) is 3.62. The van der Waals surface area contributed by atoms with Crippen LogP contribution in [0.5, 0.6) is 0 Å². The molecule has 0 bridgehead atoms. The maximum Gasteiger partial charge on any atom is 0.260 e. The summed E-state index contributed by atoms with van der Waals surface area (Å²) in [4.78, 5) is 0. The minimum absolute atomic E-state index is 0.295. The highest BCUT2D eigenvalue weighted by molar-refractivity contribution is 9.11. The van der Waals surface area contributed by atoms with Crippen LogP contribution in [0.25, 0.3) is 0 Å². The average molecular weight is 695 g/mol. The van der Waals surface area contributed by atoms with Crippen molar-refractivity contribution in [2.75, 3.05) is 0 Å². The molecule has 1 radical (unpaired) electrons. The zero-order valence-corrected chi connectivity index (χ0v) is 26.2. The highest BCUT2D eigenvalue weighted by Crippen LogP contribution is 2.38. The lowest BCUT2D eigenvalue weighted by molar-refractivity contribution is 0.432. The van der Waals surface area contributed by atoms with Crippen LogP contribution in [0.15, 0.2) is 32.0 Å². The number of nitrogens with zero attached hydrogens (tertiary/aromatic N) is 6. The van der Waals surface area contributed by atoms with E-state index in [1.165, 1.54) is 113 Å². The van der Waals surface area contributed by atoms with Crippen LogP contribution in [-0.4, -0.2) is 36.2 Å². The Bertz CT molecular complexity index is 1050. The van der Waals surface area contributed by atoms with Crippen LogP contribution in [-0.2, 0) is 0 Å². The van der Waals surface area contributed by atoms with E-state index in [1.807, 2.05) is 0 Å². The fourth-order valence-electron chi connectivity index (χ4n) is 6.83. The second kappa shape index (κ2) is 11.7. The maximum absolute atomic E-state index is 5.21. The van der Waals surface area contributed by atoms with Crippen LogP contribution in [0.3, 0.4) is 0 Å². The highest BCUT2D eigenvalue weighted by Gasteiger charge is 2.26. The van der Waals surface area contributed by atoms with Gasteiger partial charge in [0.1, 0.15) is 0 Å². The van der Waals surface area contributed by atoms with Gasteiger partial charge in [-0.15, -0.1) is 0 Å². The second-order valence-electron chi connectivity index (χ2n) is 11.4. The molecule has 0 aromatic carbocycles. The molecule has 199 valence electrons. The Balaban J connectivity index is 1.40. The Labute approximate surface area is 245 Å². The number of hydrogen-bond donors (Lipinski definition) is 0. The minimum Gasteiger partial charge on any atom is -0.424 e. The molecule has 0 N–H and O–H groups in total. The van der Waals surface area contributed by atoms with Gasteiger partial charge in [-0.3, -0.25) is 0 Å². The van der Waals surface area contributed by atoms with E-state index in [-0.39, 0.29) is 7.12 Å². The van der Waals surface area contributed by atoms with E-state index in [1.54, 1.807) is 0 Å². The maximum atomic E-state index is 5.21. The summed E-state index contributed by atoms with van der Waals surface area (Å²) in [5, 5.41) is 15.6. The van der Waals surface area contributed by atoms with Gasteiger partial charge in [0.25, 0.3) is 7.12 Å². The topological polar surface area (TPSA) is 53.5 Å². The quantitative estimate of drug-likeness (QED) is 0.243. The van der Waals surface area contributed by atoms with E-state index in [2.05, 4.69) is 80.2 Å². The largest absolute Gasteiger partial charge is 0.424 e. The molecule has 3 fully saturated rings. The molecule has 0 amide bonds. The highest BCUT2D eigenvalue weighted by atomic mass is 79.9. The van der Waals surface area contributed by atoms with Gasteiger partial charge in [-0.05, 0) is 105 Å². The summed E-state index contributed by atoms with van der Waals surface area (Å²) < 4.78 is 9.51. The molecule has 10 heteroatoms. The molecular weight excluding hydrogens is 659 g/mol. The molecule has 6 nitrogen and oxygen atoms in total. The fourth-order valence-corrected chi connectivity index (χ4v) is 8.66. The molecule has 37 heavy (non-hydrogen) atoms. The third-order valence-electron chi connectivity index (χ3n) is 8.83. The van der Waals surface area contributed by atoms with Gasteiger partial charge in [-0.2, -0.15) is 0 Å². The van der Waals surface area contributed by atoms with Crippen molar-refractivity contribution in [1.29, 1.82) is 0 Å². The van der Waals surface area contributed by atoms with Crippen molar-refractivity contribution in [2.45, 2.75) is 114 Å². The summed E-state index contributed by atoms with van der Waals surface area (Å²) >= 11 is 11.6. The van der Waals surface area contributed by atoms with Crippen LogP contribution in [0, 0.1) is 0 Å². The van der Waals surface area contributed by atoms with Gasteiger partial charge < -0.3 is 13.8 Å². The van der Waals surface area contributed by atoms with Crippen molar-refractivity contribution < 1.29 is 0 Å². The molecule has 3 saturated carbocycles. The van der Waals surface area contributed by atoms with Crippen molar-refractivity contribution >= 4 is 54.9 Å². The Morgan fingerprint density at radius 1 is 0.486 bits per heavy atom. The molecular formula is C27H36BBr3N6-. The standard InChI is InChI=1S/C27H36BBr3N6/c29-22-16-35(32-25(22)19-10-4-1-5-11-19)28(36-17-23(30)26(33-36)20-12-6-2-7-13-20)37-18-24(31)27(34-37)21-14-8-3-9-15-21/h16-21H,1-15H2/q-1. The second-order valence-corrected chi connectivity index (χ2v) is 13.9. The van der Waals surface area contributed by atoms with Crippen molar-refractivity contribution in [3.8, 4) is 0 Å². The smallest absolute Gasteiger partial charge is 0.260 e. The Morgan fingerprint density at radius 3 is 1.03 bits per heavy atom. The molecule has 0 spiro atoms. The van der Waals surface area contributed by atoms with Crippen molar-refractivity contribution in [3.05, 3.63) is 49.1 Å². The van der Waals surface area contributed by atoms with Crippen LogP contribution in [0.4, 0.5) is 0 Å². The van der Waals surface area contributed by atoms with Crippen molar-refractivity contribution in [2.24, 2.45) is 0 Å². The van der Waals surface area contributed by atoms with Gasteiger partial charge >= 0.3 is 0 Å². The van der Waals surface area contributed by atoms with E-state index in [4.69, 9.17) is 15.3 Å². The van der Waals surface area contributed by atoms with Crippen molar-refractivity contribution in [1.82, 2.24) is 29.1 Å². The van der Waals surface area contributed by atoms with E-state index >= 15 is 0 Å². The predicted octanol–water partition coefficient (Wildman–Crippen LogP) is 8.64. The molecule has 0 aliphatic heterocycles. The lowest BCUT2D eigenvalue weighted by Crippen LogP contribution is -2.43. The number of aromatic nitrogens is 6. The third kappa shape index (κ3) is 5.58. The summed E-state index contributed by atoms with van der Waals surface area (Å²) in [7, 11) is -0.295. The van der Waals surface area contributed by atoms with E-state index < -0.39 is 0 Å². The predicted molar refractivity (Wildman–Crippen MR) is 159 cm³/mol. The molecule has 3 aliphatic rings. The first-order valence-electron chi connectivity index (χ1n) is 14.3. The lowest BCUT2D eigenvalue weighted by Gasteiger charge is -2.30. The number of rotatable bonds is 6. The monoisotopic (exact) mass is 692 g/mol. The number of hydrogen-bond acceptors (Lipinski definition) is 3. The van der Waals surface area contributed by atoms with E-state index in [0.29, 0.717) is 17.8 Å². The first kappa shape index (κ1) is 26.4. The van der Waals surface area contributed by atoms with Gasteiger partial charge in [-0.25, -0.2) is 15.3 Å². The summed E-state index contributed by atoms with van der Waals surface area (Å²) in [5.74, 6) is 1.57. The van der Waals surface area contributed by atoms with E-state index in [0.717, 1.165) is 13.4 Å². The molecule has 3 aromatic rings. The zero-order valence-electron chi connectivity index (χ0n) is 21.5. The van der Waals surface area contributed by atoms with Crippen LogP contribution < -0.4 is 0 Å². The van der Waals surface area contributed by atoms with E-state index in [9.17, 15) is 0 Å². The Kier molecular flexibility index (Phi) is 8.34. The van der Waals surface area contributed by atoms with Crippen LogP contribution >= 0.6 is 47.8 Å². The zero-order chi connectivity index (χ0) is 25.4. The first-order valence-corrected chi connectivity index (χ1v) is 16.7. The SMILES string of the molecule is Brc1cn([B-](n2cc(Br)c(C3CCCCC3)n2)n2cc(Br)c(C3CCCCC3)n2)nc1C1CCCCC1. The van der Waals surface area contributed by atoms with Gasteiger partial charge in [0.15, 0.2) is 0 Å². The Morgan fingerprint density at radius 2 is 0.757 bits per heavy atom. The van der Waals surface area contributed by atoms with Gasteiger partial charge in [0.05, 0.1) is 30.5 Å². The minimum atomic E-state index is -0.295. The molecule has 0 atom stereocenters. The van der Waals surface area contributed by atoms with Gasteiger partial charge in [0.2, 0.25) is 0 Å². The summed E-state index contributed by atoms with van der Waals surface area (Å²) in [6.07, 6.45) is 25.5.